The predicted octanol–water partition coefficient (Wildman–Crippen LogP) is 6.00. The minimum Gasteiger partial charge on any atom is -0.487 e. The normalized spacial score (nSPS) is 24.7. The molecule has 3 aliphatic heterocycles. The van der Waals surface area contributed by atoms with E-state index in [0.29, 0.717) is 19.5 Å². The first-order valence-electron chi connectivity index (χ1n) is 15.0. The third kappa shape index (κ3) is 6.02. The summed E-state index contributed by atoms with van der Waals surface area (Å²) in [6.07, 6.45) is 1.54. The summed E-state index contributed by atoms with van der Waals surface area (Å²) in [7, 11) is 0. The Morgan fingerprint density at radius 2 is 1.74 bits per heavy atom. The van der Waals surface area contributed by atoms with Gasteiger partial charge in [0.25, 0.3) is 0 Å². The largest absolute Gasteiger partial charge is 0.487 e. The van der Waals surface area contributed by atoms with Gasteiger partial charge in [-0.3, -0.25) is 4.79 Å². The van der Waals surface area contributed by atoms with Crippen LogP contribution in [0.1, 0.15) is 55.0 Å². The molecule has 2 saturated heterocycles. The molecule has 3 heterocycles. The van der Waals surface area contributed by atoms with Gasteiger partial charge in [0.1, 0.15) is 24.0 Å². The highest BCUT2D eigenvalue weighted by Gasteiger charge is 2.51. The Morgan fingerprint density at radius 1 is 1.02 bits per heavy atom. The lowest BCUT2D eigenvalue weighted by molar-refractivity contribution is -0.189. The van der Waals surface area contributed by atoms with Crippen LogP contribution in [0.4, 0.5) is 4.79 Å². The van der Waals surface area contributed by atoms with Crippen molar-refractivity contribution in [3.05, 3.63) is 101 Å². The molecule has 0 unspecified atom stereocenters. The molecule has 0 aromatic heterocycles. The number of amides is 2. The van der Waals surface area contributed by atoms with Gasteiger partial charge in [-0.25, -0.2) is 4.79 Å². The van der Waals surface area contributed by atoms with Crippen molar-refractivity contribution in [3.8, 4) is 5.75 Å². The minimum atomic E-state index is -0.728. The summed E-state index contributed by atoms with van der Waals surface area (Å²) in [4.78, 5) is 28.7. The van der Waals surface area contributed by atoms with Crippen LogP contribution in [0, 0.1) is 18.8 Å². The van der Waals surface area contributed by atoms with Crippen LogP contribution in [0.3, 0.4) is 0 Å². The summed E-state index contributed by atoms with van der Waals surface area (Å²) >= 11 is 0. The van der Waals surface area contributed by atoms with Gasteiger partial charge in [-0.1, -0.05) is 72.8 Å². The monoisotopic (exact) mass is 568 g/mol. The number of likely N-dealkylation sites (tertiary alicyclic amines) is 1. The second-order valence-electron chi connectivity index (χ2n) is 12.5. The molecule has 3 aromatic carbocycles. The van der Waals surface area contributed by atoms with Crippen LogP contribution in [0.25, 0.3) is 0 Å². The fourth-order valence-corrected chi connectivity index (χ4v) is 6.79. The standard InChI is InChI=1S/C35H40N2O5/c1-23-14-15-27-31(18-23)42-35(2,3)28-20-26-21-37(17-16-30(26)41-32(27)28)33(38)29(19-24-10-6-4-7-11-24)36-34(39)40-22-25-12-8-5-9-13-25/h4-15,18,26,28-30,32H,16-17,19-22H2,1-3H3,(H,36,39)/t26-,28+,29-,30+,32-/m0/s1. The lowest BCUT2D eigenvalue weighted by atomic mass is 9.70. The number of fused-ring (bicyclic) bond motifs is 4. The molecule has 220 valence electrons. The number of ether oxygens (including phenoxy) is 3. The number of hydrogen-bond donors (Lipinski definition) is 1. The zero-order valence-electron chi connectivity index (χ0n) is 24.6. The van der Waals surface area contributed by atoms with Crippen molar-refractivity contribution in [2.75, 3.05) is 13.1 Å². The lowest BCUT2D eigenvalue weighted by Gasteiger charge is -2.53. The molecule has 42 heavy (non-hydrogen) atoms. The average molecular weight is 569 g/mol. The summed E-state index contributed by atoms with van der Waals surface area (Å²) in [5, 5.41) is 2.88. The number of carbonyl (C=O) groups is 2. The van der Waals surface area contributed by atoms with Crippen molar-refractivity contribution in [2.45, 2.75) is 70.5 Å². The Kier molecular flexibility index (Phi) is 7.95. The third-order valence-electron chi connectivity index (χ3n) is 9.05. The number of piperidine rings is 1. The Labute approximate surface area is 248 Å². The molecule has 0 bridgehead atoms. The maximum absolute atomic E-state index is 14.0. The first-order valence-corrected chi connectivity index (χ1v) is 15.0. The second kappa shape index (κ2) is 11.8. The Balaban J connectivity index is 1.15. The molecular weight excluding hydrogens is 528 g/mol. The summed E-state index contributed by atoms with van der Waals surface area (Å²) < 4.78 is 18.8. The number of benzene rings is 3. The summed E-state index contributed by atoms with van der Waals surface area (Å²) in [6.45, 7) is 7.70. The highest BCUT2D eigenvalue weighted by atomic mass is 16.5. The predicted molar refractivity (Wildman–Crippen MR) is 160 cm³/mol. The molecule has 6 rings (SSSR count). The molecule has 3 aromatic rings. The molecule has 0 spiro atoms. The van der Waals surface area contributed by atoms with Crippen molar-refractivity contribution in [2.24, 2.45) is 11.8 Å². The number of carbonyl (C=O) groups excluding carboxylic acids is 2. The molecule has 2 amide bonds. The van der Waals surface area contributed by atoms with E-state index < -0.39 is 12.1 Å². The molecule has 2 fully saturated rings. The molecule has 0 saturated carbocycles. The second-order valence-corrected chi connectivity index (χ2v) is 12.5. The van der Waals surface area contributed by atoms with E-state index >= 15 is 0 Å². The van der Waals surface area contributed by atoms with E-state index in [0.717, 1.165) is 35.3 Å². The number of aryl methyl sites for hydroxylation is 1. The van der Waals surface area contributed by atoms with Gasteiger partial charge in [0.2, 0.25) is 5.91 Å². The zero-order chi connectivity index (χ0) is 29.3. The minimum absolute atomic E-state index is 0.0141. The highest BCUT2D eigenvalue weighted by molar-refractivity contribution is 5.86. The van der Waals surface area contributed by atoms with Gasteiger partial charge in [-0.05, 0) is 56.4 Å². The van der Waals surface area contributed by atoms with Gasteiger partial charge in [0.15, 0.2) is 0 Å². The van der Waals surface area contributed by atoms with Crippen LogP contribution in [-0.2, 0) is 27.3 Å². The number of alkyl carbamates (subject to hydrolysis) is 1. The van der Waals surface area contributed by atoms with Crippen LogP contribution in [0.5, 0.6) is 5.75 Å². The van der Waals surface area contributed by atoms with E-state index in [1.807, 2.05) is 65.6 Å². The maximum atomic E-state index is 14.0. The molecule has 7 heteroatoms. The average Bonchev–Trinajstić information content (AvgIpc) is 2.99. The first-order chi connectivity index (χ1) is 20.3. The zero-order valence-corrected chi connectivity index (χ0v) is 24.6. The van der Waals surface area contributed by atoms with Gasteiger partial charge in [0, 0.05) is 36.9 Å². The Hall–Kier alpha value is -3.84. The molecular formula is C35H40N2O5. The van der Waals surface area contributed by atoms with E-state index in [1.54, 1.807) is 0 Å². The van der Waals surface area contributed by atoms with E-state index in [-0.39, 0.29) is 42.2 Å². The quantitative estimate of drug-likeness (QED) is 0.395. The van der Waals surface area contributed by atoms with E-state index in [2.05, 4.69) is 44.3 Å². The van der Waals surface area contributed by atoms with Crippen LogP contribution in [-0.4, -0.2) is 47.7 Å². The van der Waals surface area contributed by atoms with Crippen LogP contribution in [0.15, 0.2) is 78.9 Å². The number of rotatable bonds is 6. The molecule has 1 N–H and O–H groups in total. The van der Waals surface area contributed by atoms with Gasteiger partial charge in [-0.2, -0.15) is 0 Å². The van der Waals surface area contributed by atoms with Crippen molar-refractivity contribution in [1.82, 2.24) is 10.2 Å². The fraction of sp³-hybridized carbons (Fsp3) is 0.429. The first kappa shape index (κ1) is 28.3. The van der Waals surface area contributed by atoms with E-state index in [9.17, 15) is 9.59 Å². The van der Waals surface area contributed by atoms with Crippen LogP contribution < -0.4 is 10.1 Å². The summed E-state index contributed by atoms with van der Waals surface area (Å²) in [5.74, 6) is 1.20. The maximum Gasteiger partial charge on any atom is 0.408 e. The van der Waals surface area contributed by atoms with E-state index in [4.69, 9.17) is 14.2 Å². The van der Waals surface area contributed by atoms with Crippen molar-refractivity contribution >= 4 is 12.0 Å². The number of nitrogens with zero attached hydrogens (tertiary/aromatic N) is 1. The van der Waals surface area contributed by atoms with Gasteiger partial charge in [0.05, 0.1) is 12.2 Å². The van der Waals surface area contributed by atoms with Crippen molar-refractivity contribution < 1.29 is 23.8 Å². The molecule has 5 atom stereocenters. The highest BCUT2D eigenvalue weighted by Crippen LogP contribution is 2.53. The van der Waals surface area contributed by atoms with Crippen LogP contribution in [0.2, 0.25) is 0 Å². The summed E-state index contributed by atoms with van der Waals surface area (Å²) in [5.41, 5.74) is 3.79. The SMILES string of the molecule is Cc1ccc2c(c1)OC(C)(C)[C@@H]1C[C@H]3CN(C(=O)[C@H](Cc4ccccc4)NC(=O)OCc4ccccc4)CC[C@H]3O[C@@H]21. The van der Waals surface area contributed by atoms with Crippen LogP contribution >= 0.6 is 0 Å². The van der Waals surface area contributed by atoms with Gasteiger partial charge < -0.3 is 24.4 Å². The van der Waals surface area contributed by atoms with Crippen molar-refractivity contribution in [1.29, 1.82) is 0 Å². The topological polar surface area (TPSA) is 77.1 Å². The molecule has 0 radical (unpaired) electrons. The third-order valence-corrected chi connectivity index (χ3v) is 9.05. The lowest BCUT2D eigenvalue weighted by Crippen LogP contribution is -2.58. The van der Waals surface area contributed by atoms with Gasteiger partial charge >= 0.3 is 6.09 Å². The van der Waals surface area contributed by atoms with Gasteiger partial charge in [-0.15, -0.1) is 0 Å². The number of nitrogens with one attached hydrogen (secondary N) is 1. The smallest absolute Gasteiger partial charge is 0.408 e. The fourth-order valence-electron chi connectivity index (χ4n) is 6.79. The Bertz CT molecular complexity index is 1410. The molecule has 7 nitrogen and oxygen atoms in total. The molecule has 0 aliphatic carbocycles. The molecule has 3 aliphatic rings. The Morgan fingerprint density at radius 3 is 2.48 bits per heavy atom. The number of hydrogen-bond acceptors (Lipinski definition) is 5. The van der Waals surface area contributed by atoms with Crippen molar-refractivity contribution in [3.63, 3.8) is 0 Å². The summed E-state index contributed by atoms with van der Waals surface area (Å²) in [6, 6.07) is 25.0. The van der Waals surface area contributed by atoms with E-state index in [1.165, 1.54) is 5.56 Å².